The standard InChI is InChI=1S/C15H14BrN5OS/c1-11-18-20(15(23)21(11)19-7-2-3-8-19)10-14(22)17-13-6-4-5-12(16)9-13/h2-9H,10H2,1H3,(H,17,22). The van der Waals surface area contributed by atoms with Gasteiger partial charge < -0.3 is 5.32 Å². The van der Waals surface area contributed by atoms with Crippen LogP contribution in [0, 0.1) is 11.7 Å². The Morgan fingerprint density at radius 2 is 2.04 bits per heavy atom. The van der Waals surface area contributed by atoms with Gasteiger partial charge in [-0.2, -0.15) is 5.10 Å². The summed E-state index contributed by atoms with van der Waals surface area (Å²) in [6.07, 6.45) is 3.74. The van der Waals surface area contributed by atoms with E-state index in [1.807, 2.05) is 60.4 Å². The number of hydrogen-bond acceptors (Lipinski definition) is 3. The van der Waals surface area contributed by atoms with E-state index in [1.54, 1.807) is 4.68 Å². The van der Waals surface area contributed by atoms with Crippen LogP contribution in [0.15, 0.2) is 53.3 Å². The van der Waals surface area contributed by atoms with Crippen molar-refractivity contribution >= 4 is 39.7 Å². The first kappa shape index (κ1) is 15.7. The Hall–Kier alpha value is -2.19. The van der Waals surface area contributed by atoms with Crippen molar-refractivity contribution in [1.82, 2.24) is 19.1 Å². The first-order valence-electron chi connectivity index (χ1n) is 6.90. The van der Waals surface area contributed by atoms with Gasteiger partial charge in [-0.05, 0) is 49.5 Å². The van der Waals surface area contributed by atoms with Crippen LogP contribution in [0.3, 0.4) is 0 Å². The largest absolute Gasteiger partial charge is 0.324 e. The van der Waals surface area contributed by atoms with Crippen molar-refractivity contribution in [2.24, 2.45) is 0 Å². The molecule has 0 spiro atoms. The van der Waals surface area contributed by atoms with Crippen LogP contribution in [0.2, 0.25) is 0 Å². The molecule has 3 aromatic rings. The van der Waals surface area contributed by atoms with E-state index in [4.69, 9.17) is 12.2 Å². The fourth-order valence-electron chi connectivity index (χ4n) is 2.24. The number of nitrogens with one attached hydrogen (secondary N) is 1. The van der Waals surface area contributed by atoms with Crippen LogP contribution in [-0.2, 0) is 11.3 Å². The van der Waals surface area contributed by atoms with Gasteiger partial charge in [0, 0.05) is 22.6 Å². The van der Waals surface area contributed by atoms with Gasteiger partial charge in [-0.15, -0.1) is 0 Å². The van der Waals surface area contributed by atoms with Gasteiger partial charge in [0.1, 0.15) is 12.4 Å². The van der Waals surface area contributed by atoms with E-state index < -0.39 is 0 Å². The van der Waals surface area contributed by atoms with Crippen LogP contribution in [0.25, 0.3) is 0 Å². The fraction of sp³-hybridized carbons (Fsp3) is 0.133. The lowest BCUT2D eigenvalue weighted by Crippen LogP contribution is -2.20. The van der Waals surface area contributed by atoms with Gasteiger partial charge in [0.25, 0.3) is 0 Å². The highest BCUT2D eigenvalue weighted by atomic mass is 79.9. The summed E-state index contributed by atoms with van der Waals surface area (Å²) in [6.45, 7) is 1.90. The number of benzene rings is 1. The molecule has 0 atom stereocenters. The summed E-state index contributed by atoms with van der Waals surface area (Å²) in [5, 5.41) is 7.18. The third-order valence-corrected chi connectivity index (χ3v) is 4.07. The Morgan fingerprint density at radius 1 is 1.30 bits per heavy atom. The molecule has 0 unspecified atom stereocenters. The highest BCUT2D eigenvalue weighted by Gasteiger charge is 2.11. The van der Waals surface area contributed by atoms with Crippen LogP contribution in [-0.4, -0.2) is 25.0 Å². The second-order valence-electron chi connectivity index (χ2n) is 4.92. The van der Waals surface area contributed by atoms with E-state index in [0.717, 1.165) is 10.2 Å². The minimum atomic E-state index is -0.184. The van der Waals surface area contributed by atoms with Crippen molar-refractivity contribution in [3.05, 3.63) is 63.9 Å². The summed E-state index contributed by atoms with van der Waals surface area (Å²) >= 11 is 8.79. The quantitative estimate of drug-likeness (QED) is 0.694. The number of aromatic nitrogens is 4. The minimum absolute atomic E-state index is 0.0560. The van der Waals surface area contributed by atoms with Crippen LogP contribution < -0.4 is 5.32 Å². The molecular weight excluding hydrogens is 378 g/mol. The molecule has 0 fully saturated rings. The van der Waals surface area contributed by atoms with E-state index in [2.05, 4.69) is 26.3 Å². The lowest BCUT2D eigenvalue weighted by Gasteiger charge is -2.06. The van der Waals surface area contributed by atoms with Crippen molar-refractivity contribution in [2.45, 2.75) is 13.5 Å². The predicted molar refractivity (Wildman–Crippen MR) is 93.8 cm³/mol. The topological polar surface area (TPSA) is 56.8 Å². The third kappa shape index (κ3) is 3.43. The monoisotopic (exact) mass is 391 g/mol. The van der Waals surface area contributed by atoms with E-state index in [1.165, 1.54) is 4.68 Å². The summed E-state index contributed by atoms with van der Waals surface area (Å²) in [5.41, 5.74) is 0.720. The molecule has 2 heterocycles. The zero-order valence-corrected chi connectivity index (χ0v) is 14.7. The number of carbonyl (C=O) groups is 1. The smallest absolute Gasteiger partial charge is 0.246 e. The summed E-state index contributed by atoms with van der Waals surface area (Å²) in [4.78, 5) is 12.2. The van der Waals surface area contributed by atoms with Gasteiger partial charge in [-0.25, -0.2) is 9.36 Å². The molecule has 1 aromatic carbocycles. The molecule has 1 amide bonds. The van der Waals surface area contributed by atoms with Gasteiger partial charge in [-0.1, -0.05) is 22.0 Å². The van der Waals surface area contributed by atoms with Gasteiger partial charge in [-0.3, -0.25) is 9.47 Å². The Kier molecular flexibility index (Phi) is 4.44. The molecule has 6 nitrogen and oxygen atoms in total. The lowest BCUT2D eigenvalue weighted by atomic mass is 10.3. The Bertz CT molecular complexity index is 897. The van der Waals surface area contributed by atoms with Crippen LogP contribution >= 0.6 is 28.1 Å². The number of aryl methyl sites for hydroxylation is 1. The maximum Gasteiger partial charge on any atom is 0.246 e. The summed E-state index contributed by atoms with van der Waals surface area (Å²) in [7, 11) is 0. The number of halogens is 1. The highest BCUT2D eigenvalue weighted by Crippen LogP contribution is 2.15. The van der Waals surface area contributed by atoms with Crippen molar-refractivity contribution in [2.75, 3.05) is 5.32 Å². The maximum atomic E-state index is 12.2. The zero-order chi connectivity index (χ0) is 16.4. The lowest BCUT2D eigenvalue weighted by molar-refractivity contribution is -0.116. The molecule has 0 aliphatic rings. The number of carbonyl (C=O) groups excluding carboxylic acids is 1. The van der Waals surface area contributed by atoms with Gasteiger partial charge in [0.05, 0.1) is 0 Å². The van der Waals surface area contributed by atoms with Crippen molar-refractivity contribution < 1.29 is 4.79 Å². The minimum Gasteiger partial charge on any atom is -0.324 e. The number of hydrogen-bond donors (Lipinski definition) is 1. The molecule has 0 aliphatic carbocycles. The second kappa shape index (κ2) is 6.51. The predicted octanol–water partition coefficient (Wildman–Crippen LogP) is 3.24. The normalized spacial score (nSPS) is 10.7. The average molecular weight is 392 g/mol. The summed E-state index contributed by atoms with van der Waals surface area (Å²) in [6, 6.07) is 11.2. The number of amides is 1. The van der Waals surface area contributed by atoms with Gasteiger partial charge in [0.15, 0.2) is 0 Å². The SMILES string of the molecule is Cc1nn(CC(=O)Nc2cccc(Br)c2)c(=S)n1-n1cccc1. The molecule has 0 radical (unpaired) electrons. The Morgan fingerprint density at radius 3 is 2.74 bits per heavy atom. The zero-order valence-electron chi connectivity index (χ0n) is 12.3. The van der Waals surface area contributed by atoms with Gasteiger partial charge in [0.2, 0.25) is 10.7 Å². The Balaban J connectivity index is 1.80. The molecule has 0 saturated carbocycles. The first-order valence-corrected chi connectivity index (χ1v) is 8.10. The maximum absolute atomic E-state index is 12.2. The molecular formula is C15H14BrN5OS. The molecule has 23 heavy (non-hydrogen) atoms. The molecule has 3 rings (SSSR count). The van der Waals surface area contributed by atoms with E-state index >= 15 is 0 Å². The van der Waals surface area contributed by atoms with E-state index in [0.29, 0.717) is 10.6 Å². The fourth-order valence-corrected chi connectivity index (χ4v) is 2.97. The van der Waals surface area contributed by atoms with Crippen LogP contribution in [0.4, 0.5) is 5.69 Å². The van der Waals surface area contributed by atoms with Crippen molar-refractivity contribution in [3.63, 3.8) is 0 Å². The molecule has 118 valence electrons. The van der Waals surface area contributed by atoms with Crippen LogP contribution in [0.5, 0.6) is 0 Å². The second-order valence-corrected chi connectivity index (χ2v) is 6.20. The Labute approximate surface area is 146 Å². The third-order valence-electron chi connectivity index (χ3n) is 3.20. The first-order chi connectivity index (χ1) is 11.0. The van der Waals surface area contributed by atoms with E-state index in [-0.39, 0.29) is 12.5 Å². The number of nitrogens with zero attached hydrogens (tertiary/aromatic N) is 4. The van der Waals surface area contributed by atoms with Crippen LogP contribution in [0.1, 0.15) is 5.82 Å². The summed E-state index contributed by atoms with van der Waals surface area (Å²) < 4.78 is 6.47. The molecule has 8 heteroatoms. The van der Waals surface area contributed by atoms with Gasteiger partial charge >= 0.3 is 0 Å². The number of rotatable bonds is 4. The van der Waals surface area contributed by atoms with E-state index in [9.17, 15) is 4.79 Å². The highest BCUT2D eigenvalue weighted by molar-refractivity contribution is 9.10. The molecule has 0 saturated heterocycles. The summed E-state index contributed by atoms with van der Waals surface area (Å²) in [5.74, 6) is 0.526. The molecule has 2 aromatic heterocycles. The van der Waals surface area contributed by atoms with Crippen molar-refractivity contribution in [1.29, 1.82) is 0 Å². The number of anilines is 1. The van der Waals surface area contributed by atoms with Crippen molar-refractivity contribution in [3.8, 4) is 0 Å². The molecule has 0 bridgehead atoms. The molecule has 0 aliphatic heterocycles. The molecule has 1 N–H and O–H groups in total. The average Bonchev–Trinajstić information content (AvgIpc) is 3.08.